The molecular weight excluding hydrogens is 174 g/mol. The van der Waals surface area contributed by atoms with Gasteiger partial charge < -0.3 is 5.32 Å². The number of nitrogens with zero attached hydrogens (tertiary/aromatic N) is 2. The maximum absolute atomic E-state index is 4.42. The molecule has 0 radical (unpaired) electrons. The lowest BCUT2D eigenvalue weighted by Crippen LogP contribution is -2.34. The summed E-state index contributed by atoms with van der Waals surface area (Å²) in [6, 6.07) is 2.92. The number of aryl methyl sites for hydroxylation is 1. The summed E-state index contributed by atoms with van der Waals surface area (Å²) in [5, 5.41) is 7.90. The normalized spacial score (nSPS) is 15.4. The molecule has 0 aliphatic carbocycles. The monoisotopic (exact) mass is 195 g/mol. The molecule has 0 saturated carbocycles. The van der Waals surface area contributed by atoms with Gasteiger partial charge in [-0.25, -0.2) is 0 Å². The van der Waals surface area contributed by atoms with Gasteiger partial charge in [-0.15, -0.1) is 0 Å². The zero-order valence-corrected chi connectivity index (χ0v) is 9.62. The fourth-order valence-electron chi connectivity index (χ4n) is 1.43. The van der Waals surface area contributed by atoms with Gasteiger partial charge in [0.05, 0.1) is 11.7 Å². The third-order valence-electron chi connectivity index (χ3n) is 2.60. The van der Waals surface area contributed by atoms with Crippen molar-refractivity contribution in [2.24, 2.45) is 0 Å². The van der Waals surface area contributed by atoms with E-state index in [1.807, 2.05) is 23.9 Å². The maximum Gasteiger partial charge on any atom is 0.0641 e. The van der Waals surface area contributed by atoms with Crippen molar-refractivity contribution in [2.75, 3.05) is 6.54 Å². The largest absolute Gasteiger partial charge is 0.312 e. The molecule has 0 bridgehead atoms. The van der Waals surface area contributed by atoms with Crippen LogP contribution in [0.15, 0.2) is 12.3 Å². The molecule has 1 heterocycles. The van der Waals surface area contributed by atoms with E-state index < -0.39 is 0 Å². The van der Waals surface area contributed by atoms with E-state index in [2.05, 4.69) is 31.2 Å². The fraction of sp³-hybridized carbons (Fsp3) is 0.727. The Bertz CT molecular complexity index is 267. The van der Waals surface area contributed by atoms with E-state index in [9.17, 15) is 0 Å². The lowest BCUT2D eigenvalue weighted by Gasteiger charge is -2.21. The van der Waals surface area contributed by atoms with E-state index in [-0.39, 0.29) is 0 Å². The third kappa shape index (κ3) is 2.84. The van der Waals surface area contributed by atoms with Crippen molar-refractivity contribution >= 4 is 0 Å². The van der Waals surface area contributed by atoms with Crippen LogP contribution in [0.25, 0.3) is 0 Å². The van der Waals surface area contributed by atoms with Crippen LogP contribution in [-0.2, 0) is 0 Å². The van der Waals surface area contributed by atoms with Crippen molar-refractivity contribution in [1.29, 1.82) is 0 Å². The minimum absolute atomic E-state index is 0.412. The molecule has 1 N–H and O–H groups in total. The van der Waals surface area contributed by atoms with Crippen molar-refractivity contribution in [1.82, 2.24) is 15.1 Å². The van der Waals surface area contributed by atoms with Gasteiger partial charge in [-0.2, -0.15) is 5.10 Å². The molecule has 80 valence electrons. The molecule has 1 aromatic heterocycles. The Morgan fingerprint density at radius 2 is 2.21 bits per heavy atom. The van der Waals surface area contributed by atoms with Gasteiger partial charge in [0, 0.05) is 12.2 Å². The zero-order valence-electron chi connectivity index (χ0n) is 9.62. The van der Waals surface area contributed by atoms with Crippen LogP contribution in [0, 0.1) is 6.92 Å². The van der Waals surface area contributed by atoms with Crippen LogP contribution in [0.5, 0.6) is 0 Å². The Kier molecular flexibility index (Phi) is 4.14. The van der Waals surface area contributed by atoms with E-state index in [1.165, 1.54) is 6.42 Å². The van der Waals surface area contributed by atoms with Gasteiger partial charge in [0.1, 0.15) is 0 Å². The van der Waals surface area contributed by atoms with E-state index in [1.54, 1.807) is 0 Å². The molecule has 0 spiro atoms. The topological polar surface area (TPSA) is 29.9 Å². The molecule has 0 saturated heterocycles. The van der Waals surface area contributed by atoms with Crippen LogP contribution in [-0.4, -0.2) is 22.4 Å². The van der Waals surface area contributed by atoms with Gasteiger partial charge in [-0.05, 0) is 39.8 Å². The zero-order chi connectivity index (χ0) is 10.6. The fourth-order valence-corrected chi connectivity index (χ4v) is 1.43. The molecule has 1 aromatic rings. The molecule has 0 amide bonds. The number of aromatic nitrogens is 2. The Balaban J connectivity index is 2.51. The minimum atomic E-state index is 0.412. The molecule has 0 aromatic carbocycles. The standard InChI is InChI=1S/C11H21N3/c1-5-7-12-10(3)11(4)14-8-6-9(2)13-14/h6,8,10-12H,5,7H2,1-4H3. The van der Waals surface area contributed by atoms with Gasteiger partial charge in [0.15, 0.2) is 0 Å². The highest BCUT2D eigenvalue weighted by Gasteiger charge is 2.13. The predicted octanol–water partition coefficient (Wildman–Crippen LogP) is 2.14. The van der Waals surface area contributed by atoms with Crippen LogP contribution in [0.2, 0.25) is 0 Å². The first-order valence-electron chi connectivity index (χ1n) is 5.40. The smallest absolute Gasteiger partial charge is 0.0641 e. The van der Waals surface area contributed by atoms with Gasteiger partial charge in [0.25, 0.3) is 0 Å². The summed E-state index contributed by atoms with van der Waals surface area (Å²) < 4.78 is 2.03. The SMILES string of the molecule is CCCNC(C)C(C)n1ccc(C)n1. The highest BCUT2D eigenvalue weighted by molar-refractivity contribution is 4.96. The van der Waals surface area contributed by atoms with Crippen molar-refractivity contribution in [3.63, 3.8) is 0 Å². The van der Waals surface area contributed by atoms with E-state index in [0.29, 0.717) is 12.1 Å². The van der Waals surface area contributed by atoms with Gasteiger partial charge in [0.2, 0.25) is 0 Å². The number of rotatable bonds is 5. The molecule has 14 heavy (non-hydrogen) atoms. The summed E-state index contributed by atoms with van der Waals surface area (Å²) in [6.45, 7) is 9.68. The summed E-state index contributed by atoms with van der Waals surface area (Å²) >= 11 is 0. The lowest BCUT2D eigenvalue weighted by atomic mass is 10.2. The second-order valence-corrected chi connectivity index (χ2v) is 3.92. The predicted molar refractivity (Wildman–Crippen MR) is 59.4 cm³/mol. The molecule has 1 rings (SSSR count). The second-order valence-electron chi connectivity index (χ2n) is 3.92. The molecule has 2 unspecified atom stereocenters. The number of hydrogen-bond acceptors (Lipinski definition) is 2. The second kappa shape index (κ2) is 5.15. The van der Waals surface area contributed by atoms with E-state index in [0.717, 1.165) is 12.2 Å². The van der Waals surface area contributed by atoms with Crippen LogP contribution in [0.3, 0.4) is 0 Å². The minimum Gasteiger partial charge on any atom is -0.312 e. The average Bonchev–Trinajstić information content (AvgIpc) is 2.60. The van der Waals surface area contributed by atoms with Crippen LogP contribution >= 0.6 is 0 Å². The molecular formula is C11H21N3. The Labute approximate surface area is 86.5 Å². The van der Waals surface area contributed by atoms with Gasteiger partial charge in [-0.3, -0.25) is 4.68 Å². The Hall–Kier alpha value is -0.830. The number of nitrogens with one attached hydrogen (secondary N) is 1. The van der Waals surface area contributed by atoms with Crippen LogP contribution < -0.4 is 5.32 Å². The van der Waals surface area contributed by atoms with E-state index >= 15 is 0 Å². The van der Waals surface area contributed by atoms with Crippen molar-refractivity contribution < 1.29 is 0 Å². The molecule has 2 atom stereocenters. The quantitative estimate of drug-likeness (QED) is 0.780. The first-order chi connectivity index (χ1) is 6.65. The lowest BCUT2D eigenvalue weighted by molar-refractivity contribution is 0.366. The highest BCUT2D eigenvalue weighted by Crippen LogP contribution is 2.09. The maximum atomic E-state index is 4.42. The molecule has 3 heteroatoms. The third-order valence-corrected chi connectivity index (χ3v) is 2.60. The van der Waals surface area contributed by atoms with Gasteiger partial charge >= 0.3 is 0 Å². The average molecular weight is 195 g/mol. The van der Waals surface area contributed by atoms with Crippen molar-refractivity contribution in [3.05, 3.63) is 18.0 Å². The molecule has 0 aliphatic rings. The first-order valence-corrected chi connectivity index (χ1v) is 5.40. The Morgan fingerprint density at radius 3 is 2.71 bits per heavy atom. The molecule has 3 nitrogen and oxygen atoms in total. The van der Waals surface area contributed by atoms with E-state index in [4.69, 9.17) is 0 Å². The highest BCUT2D eigenvalue weighted by atomic mass is 15.3. The van der Waals surface area contributed by atoms with Crippen LogP contribution in [0.1, 0.15) is 38.9 Å². The van der Waals surface area contributed by atoms with Crippen molar-refractivity contribution in [2.45, 2.75) is 46.2 Å². The summed E-state index contributed by atoms with van der Waals surface area (Å²) in [5.74, 6) is 0. The molecule has 0 fully saturated rings. The number of hydrogen-bond donors (Lipinski definition) is 1. The summed E-state index contributed by atoms with van der Waals surface area (Å²) in [4.78, 5) is 0. The molecule has 0 aliphatic heterocycles. The van der Waals surface area contributed by atoms with Crippen LogP contribution in [0.4, 0.5) is 0 Å². The van der Waals surface area contributed by atoms with Crippen molar-refractivity contribution in [3.8, 4) is 0 Å². The Morgan fingerprint density at radius 1 is 1.50 bits per heavy atom. The summed E-state index contributed by atoms with van der Waals surface area (Å²) in [7, 11) is 0. The summed E-state index contributed by atoms with van der Waals surface area (Å²) in [6.07, 6.45) is 3.22. The van der Waals surface area contributed by atoms with Gasteiger partial charge in [-0.1, -0.05) is 6.92 Å². The summed E-state index contributed by atoms with van der Waals surface area (Å²) in [5.41, 5.74) is 1.08. The first kappa shape index (κ1) is 11.2.